The minimum atomic E-state index is -0.455. The van der Waals surface area contributed by atoms with Crippen LogP contribution in [-0.2, 0) is 16.0 Å². The van der Waals surface area contributed by atoms with E-state index in [4.69, 9.17) is 11.6 Å². The molecular formula is C19H28ClN3O2. The van der Waals surface area contributed by atoms with E-state index < -0.39 is 6.04 Å². The minimum Gasteiger partial charge on any atom is -0.344 e. The first-order valence-electron chi connectivity index (χ1n) is 8.86. The molecule has 2 amide bonds. The van der Waals surface area contributed by atoms with Crippen molar-refractivity contribution in [3.63, 3.8) is 0 Å². The third-order valence-corrected chi connectivity index (χ3v) is 4.69. The number of nitrogens with one attached hydrogen (secondary N) is 1. The van der Waals surface area contributed by atoms with Gasteiger partial charge in [-0.3, -0.25) is 9.59 Å². The van der Waals surface area contributed by atoms with Gasteiger partial charge < -0.3 is 15.1 Å². The molecule has 1 aromatic carbocycles. The third kappa shape index (κ3) is 6.33. The highest BCUT2D eigenvalue weighted by Gasteiger charge is 2.28. The Morgan fingerprint density at radius 3 is 2.28 bits per heavy atom. The molecule has 0 unspecified atom stereocenters. The Kier molecular flexibility index (Phi) is 7.26. The smallest absolute Gasteiger partial charge is 0.245 e. The molecule has 1 aliphatic rings. The van der Waals surface area contributed by atoms with E-state index in [0.29, 0.717) is 17.4 Å². The Morgan fingerprint density at radius 1 is 1.12 bits per heavy atom. The van der Waals surface area contributed by atoms with E-state index in [-0.39, 0.29) is 18.2 Å². The van der Waals surface area contributed by atoms with E-state index >= 15 is 0 Å². The zero-order valence-electron chi connectivity index (χ0n) is 15.3. The van der Waals surface area contributed by atoms with Crippen LogP contribution >= 0.6 is 11.6 Å². The summed E-state index contributed by atoms with van der Waals surface area (Å²) in [4.78, 5) is 29.3. The van der Waals surface area contributed by atoms with Gasteiger partial charge in [0, 0.05) is 31.2 Å². The van der Waals surface area contributed by atoms with Gasteiger partial charge in [-0.1, -0.05) is 37.6 Å². The van der Waals surface area contributed by atoms with Crippen molar-refractivity contribution in [1.82, 2.24) is 15.1 Å². The lowest BCUT2D eigenvalue weighted by Crippen LogP contribution is -2.54. The number of benzene rings is 1. The van der Waals surface area contributed by atoms with Gasteiger partial charge in [0.15, 0.2) is 0 Å². The maximum absolute atomic E-state index is 12.8. The molecule has 0 bridgehead atoms. The van der Waals surface area contributed by atoms with E-state index in [9.17, 15) is 9.59 Å². The van der Waals surface area contributed by atoms with Crippen molar-refractivity contribution < 1.29 is 9.59 Å². The monoisotopic (exact) mass is 365 g/mol. The maximum Gasteiger partial charge on any atom is 0.245 e. The Morgan fingerprint density at radius 2 is 1.72 bits per heavy atom. The number of piperazine rings is 1. The number of carbonyl (C=O) groups is 2. The molecule has 0 saturated carbocycles. The molecule has 1 N–H and O–H groups in total. The van der Waals surface area contributed by atoms with Gasteiger partial charge in [0.2, 0.25) is 11.8 Å². The van der Waals surface area contributed by atoms with Crippen molar-refractivity contribution in [1.29, 1.82) is 0 Å². The highest BCUT2D eigenvalue weighted by atomic mass is 35.5. The number of rotatable bonds is 6. The van der Waals surface area contributed by atoms with Crippen LogP contribution in [0.3, 0.4) is 0 Å². The molecule has 2 rings (SSSR count). The van der Waals surface area contributed by atoms with Gasteiger partial charge in [-0.05, 0) is 37.1 Å². The van der Waals surface area contributed by atoms with E-state index in [1.54, 1.807) is 12.1 Å². The number of likely N-dealkylation sites (N-methyl/N-ethyl adjacent to an activating group) is 1. The molecular weight excluding hydrogens is 338 g/mol. The molecule has 1 aromatic rings. The summed E-state index contributed by atoms with van der Waals surface area (Å²) >= 11 is 5.87. The van der Waals surface area contributed by atoms with Crippen LogP contribution in [0.25, 0.3) is 0 Å². The molecule has 0 aromatic heterocycles. The Bertz CT molecular complexity index is 581. The van der Waals surface area contributed by atoms with Gasteiger partial charge >= 0.3 is 0 Å². The third-order valence-electron chi connectivity index (χ3n) is 4.43. The molecule has 1 saturated heterocycles. The van der Waals surface area contributed by atoms with Crippen LogP contribution in [0.1, 0.15) is 25.8 Å². The number of hydrogen-bond acceptors (Lipinski definition) is 3. The van der Waals surface area contributed by atoms with Gasteiger partial charge in [-0.25, -0.2) is 0 Å². The Hall–Kier alpha value is -1.59. The van der Waals surface area contributed by atoms with Gasteiger partial charge in [0.05, 0.1) is 6.42 Å². The summed E-state index contributed by atoms with van der Waals surface area (Å²) in [5, 5.41) is 3.59. The second kappa shape index (κ2) is 9.20. The largest absolute Gasteiger partial charge is 0.344 e. The molecule has 5 nitrogen and oxygen atoms in total. The summed E-state index contributed by atoms with van der Waals surface area (Å²) in [6, 6.07) is 6.75. The normalized spacial score (nSPS) is 16.8. The van der Waals surface area contributed by atoms with Crippen molar-refractivity contribution in [2.45, 2.75) is 32.7 Å². The number of amides is 2. The first kappa shape index (κ1) is 19.7. The van der Waals surface area contributed by atoms with Gasteiger partial charge in [0.1, 0.15) is 6.04 Å². The number of hydrogen-bond donors (Lipinski definition) is 1. The second-order valence-corrected chi connectivity index (χ2v) is 7.62. The van der Waals surface area contributed by atoms with Crippen LogP contribution < -0.4 is 5.32 Å². The van der Waals surface area contributed by atoms with Gasteiger partial charge in [-0.15, -0.1) is 0 Å². The summed E-state index contributed by atoms with van der Waals surface area (Å²) < 4.78 is 0. The van der Waals surface area contributed by atoms with E-state index in [1.165, 1.54) is 0 Å². The van der Waals surface area contributed by atoms with Crippen LogP contribution in [-0.4, -0.2) is 60.9 Å². The highest BCUT2D eigenvalue weighted by molar-refractivity contribution is 6.30. The molecule has 138 valence electrons. The van der Waals surface area contributed by atoms with Crippen LogP contribution in [0.5, 0.6) is 0 Å². The van der Waals surface area contributed by atoms with Crippen molar-refractivity contribution in [3.8, 4) is 0 Å². The molecule has 6 heteroatoms. The minimum absolute atomic E-state index is 0.0336. The molecule has 0 aliphatic carbocycles. The van der Waals surface area contributed by atoms with Crippen LogP contribution in [0.2, 0.25) is 5.02 Å². The van der Waals surface area contributed by atoms with Crippen molar-refractivity contribution >= 4 is 23.4 Å². The first-order valence-corrected chi connectivity index (χ1v) is 9.24. The Balaban J connectivity index is 1.97. The van der Waals surface area contributed by atoms with Crippen LogP contribution in [0, 0.1) is 5.92 Å². The molecule has 0 radical (unpaired) electrons. The van der Waals surface area contributed by atoms with Crippen LogP contribution in [0.15, 0.2) is 24.3 Å². The lowest BCUT2D eigenvalue weighted by molar-refractivity contribution is -0.138. The fourth-order valence-electron chi connectivity index (χ4n) is 2.97. The number of carbonyl (C=O) groups excluding carboxylic acids is 2. The molecule has 0 spiro atoms. The molecule has 25 heavy (non-hydrogen) atoms. The number of nitrogens with zero attached hydrogens (tertiary/aromatic N) is 2. The predicted molar refractivity (Wildman–Crippen MR) is 101 cm³/mol. The zero-order chi connectivity index (χ0) is 18.4. The van der Waals surface area contributed by atoms with Crippen molar-refractivity contribution in [3.05, 3.63) is 34.9 Å². The average Bonchev–Trinajstić information content (AvgIpc) is 2.56. The lowest BCUT2D eigenvalue weighted by Gasteiger charge is -2.35. The molecule has 1 heterocycles. The standard InChI is InChI=1S/C19H28ClN3O2/c1-14(2)12-17(19(25)23-10-8-22(3)9-11-23)21-18(24)13-15-4-6-16(20)7-5-15/h4-7,14,17H,8-13H2,1-3H3,(H,21,24)/t17-/m0/s1. The van der Waals surface area contributed by atoms with E-state index in [2.05, 4.69) is 31.1 Å². The van der Waals surface area contributed by atoms with E-state index in [0.717, 1.165) is 31.7 Å². The Labute approximate surface area is 155 Å². The molecule has 1 fully saturated rings. The van der Waals surface area contributed by atoms with Gasteiger partial charge in [-0.2, -0.15) is 0 Å². The summed E-state index contributed by atoms with van der Waals surface area (Å²) in [5.74, 6) is 0.235. The van der Waals surface area contributed by atoms with Gasteiger partial charge in [0.25, 0.3) is 0 Å². The van der Waals surface area contributed by atoms with Crippen LogP contribution in [0.4, 0.5) is 0 Å². The average molecular weight is 366 g/mol. The zero-order valence-corrected chi connectivity index (χ0v) is 16.1. The lowest BCUT2D eigenvalue weighted by atomic mass is 10.0. The maximum atomic E-state index is 12.8. The fourth-order valence-corrected chi connectivity index (χ4v) is 3.10. The molecule has 1 atom stereocenters. The summed E-state index contributed by atoms with van der Waals surface area (Å²) in [6.07, 6.45) is 0.902. The summed E-state index contributed by atoms with van der Waals surface area (Å²) in [7, 11) is 2.06. The quantitative estimate of drug-likeness (QED) is 0.840. The summed E-state index contributed by atoms with van der Waals surface area (Å²) in [6.45, 7) is 7.32. The van der Waals surface area contributed by atoms with E-state index in [1.807, 2.05) is 17.0 Å². The highest BCUT2D eigenvalue weighted by Crippen LogP contribution is 2.12. The first-order chi connectivity index (χ1) is 11.8. The molecule has 1 aliphatic heterocycles. The SMILES string of the molecule is CC(C)C[C@H](NC(=O)Cc1ccc(Cl)cc1)C(=O)N1CCN(C)CC1. The topological polar surface area (TPSA) is 52.7 Å². The van der Waals surface area contributed by atoms with Crippen molar-refractivity contribution in [2.75, 3.05) is 33.2 Å². The predicted octanol–water partition coefficient (Wildman–Crippen LogP) is 2.19. The second-order valence-electron chi connectivity index (χ2n) is 7.18. The number of halogens is 1. The van der Waals surface area contributed by atoms with Crippen molar-refractivity contribution in [2.24, 2.45) is 5.92 Å². The fraction of sp³-hybridized carbons (Fsp3) is 0.579. The summed E-state index contributed by atoms with van der Waals surface area (Å²) in [5.41, 5.74) is 0.886.